The van der Waals surface area contributed by atoms with Crippen molar-refractivity contribution < 1.29 is 19.2 Å². The number of halogens is 1. The minimum atomic E-state index is -1.00. The van der Waals surface area contributed by atoms with Crippen molar-refractivity contribution in [3.8, 4) is 0 Å². The van der Waals surface area contributed by atoms with Crippen molar-refractivity contribution in [1.29, 1.82) is 0 Å². The number of amides is 3. The number of anilines is 1. The van der Waals surface area contributed by atoms with Crippen LogP contribution in [0.5, 0.6) is 0 Å². The molecule has 4 rings (SSSR count). The molecular formula is C30H32ClN5O4. The van der Waals surface area contributed by atoms with E-state index < -0.39 is 35.7 Å². The standard InChI is InChI=1S/C30H32ClN5O4/c1-18-17-34-26(16-23(18)31)35-30(40)22(13-14-32)28-21-10-6-5-9-20(21)15-24(29(33)39)36(28)27(38)12-11-25(37)19-7-3-2-4-8-19/h2-10,16-17,22,24,28H,11-15,32H2,1H3,(H2,33,39)(H,34,35,40)/t22-,24?,28?/m0/s1. The van der Waals surface area contributed by atoms with E-state index in [0.29, 0.717) is 10.6 Å². The number of benzene rings is 2. The molecule has 0 aliphatic carbocycles. The SMILES string of the molecule is Cc1cnc(NC(=O)[C@@H](CCN)C2c3ccccc3CC(C(N)=O)N2C(=O)CCC(=O)c2ccccc2)cc1Cl. The Bertz CT molecular complexity index is 1410. The molecule has 2 unspecified atom stereocenters. The Morgan fingerprint density at radius 1 is 1.07 bits per heavy atom. The number of aromatic nitrogens is 1. The first-order chi connectivity index (χ1) is 19.2. The van der Waals surface area contributed by atoms with Crippen LogP contribution >= 0.6 is 11.6 Å². The number of aryl methyl sites for hydroxylation is 1. The molecule has 0 radical (unpaired) electrons. The first-order valence-corrected chi connectivity index (χ1v) is 13.5. The molecule has 0 bridgehead atoms. The van der Waals surface area contributed by atoms with Crippen LogP contribution in [0.15, 0.2) is 66.9 Å². The summed E-state index contributed by atoms with van der Waals surface area (Å²) < 4.78 is 0. The molecule has 10 heteroatoms. The smallest absolute Gasteiger partial charge is 0.240 e. The van der Waals surface area contributed by atoms with E-state index in [4.69, 9.17) is 23.1 Å². The molecule has 1 aliphatic rings. The Balaban J connectivity index is 1.70. The number of carbonyl (C=O) groups excluding carboxylic acids is 4. The number of hydrogen-bond acceptors (Lipinski definition) is 6. The van der Waals surface area contributed by atoms with Crippen LogP contribution in [0.1, 0.15) is 52.4 Å². The van der Waals surface area contributed by atoms with Gasteiger partial charge in [-0.15, -0.1) is 0 Å². The molecule has 40 heavy (non-hydrogen) atoms. The summed E-state index contributed by atoms with van der Waals surface area (Å²) in [4.78, 5) is 58.7. The normalized spacial score (nSPS) is 17.0. The number of rotatable bonds is 10. The number of primary amides is 1. The highest BCUT2D eigenvalue weighted by atomic mass is 35.5. The summed E-state index contributed by atoms with van der Waals surface area (Å²) in [6.45, 7) is 1.95. The van der Waals surface area contributed by atoms with Crippen molar-refractivity contribution in [3.05, 3.63) is 94.1 Å². The van der Waals surface area contributed by atoms with Gasteiger partial charge in [-0.1, -0.05) is 66.2 Å². The Hall–Kier alpha value is -4.08. The van der Waals surface area contributed by atoms with Crippen LogP contribution in [-0.2, 0) is 20.8 Å². The van der Waals surface area contributed by atoms with Gasteiger partial charge in [-0.05, 0) is 42.6 Å². The molecule has 0 saturated heterocycles. The van der Waals surface area contributed by atoms with Gasteiger partial charge >= 0.3 is 0 Å². The second kappa shape index (κ2) is 12.8. The molecule has 3 amide bonds. The number of hydrogen-bond donors (Lipinski definition) is 3. The average molecular weight is 562 g/mol. The Kier molecular flexibility index (Phi) is 9.29. The van der Waals surface area contributed by atoms with Gasteiger partial charge in [0.15, 0.2) is 5.78 Å². The van der Waals surface area contributed by atoms with Gasteiger partial charge in [-0.2, -0.15) is 0 Å². The fraction of sp³-hybridized carbons (Fsp3) is 0.300. The van der Waals surface area contributed by atoms with Crippen molar-refractivity contribution in [3.63, 3.8) is 0 Å². The van der Waals surface area contributed by atoms with E-state index in [1.165, 1.54) is 4.90 Å². The van der Waals surface area contributed by atoms with Gasteiger partial charge in [-0.25, -0.2) is 4.98 Å². The van der Waals surface area contributed by atoms with Crippen molar-refractivity contribution >= 4 is 40.9 Å². The number of Topliss-reactive ketones (excluding diaryl/α,β-unsaturated/α-hetero) is 1. The lowest BCUT2D eigenvalue weighted by atomic mass is 9.79. The van der Waals surface area contributed by atoms with Gasteiger partial charge in [0.25, 0.3) is 0 Å². The summed E-state index contributed by atoms with van der Waals surface area (Å²) in [5.74, 6) is -2.36. The Labute approximate surface area is 237 Å². The predicted octanol–water partition coefficient (Wildman–Crippen LogP) is 3.59. The summed E-state index contributed by atoms with van der Waals surface area (Å²) >= 11 is 6.23. The fourth-order valence-electron chi connectivity index (χ4n) is 5.15. The lowest BCUT2D eigenvalue weighted by molar-refractivity contribution is -0.146. The van der Waals surface area contributed by atoms with E-state index in [2.05, 4.69) is 10.3 Å². The average Bonchev–Trinajstić information content (AvgIpc) is 2.95. The van der Waals surface area contributed by atoms with E-state index in [0.717, 1.165) is 16.7 Å². The van der Waals surface area contributed by atoms with E-state index in [-0.39, 0.29) is 43.8 Å². The molecule has 2 aromatic carbocycles. The van der Waals surface area contributed by atoms with Crippen molar-refractivity contribution in [2.24, 2.45) is 17.4 Å². The van der Waals surface area contributed by atoms with E-state index in [1.54, 1.807) is 49.5 Å². The quantitative estimate of drug-likeness (QED) is 0.322. The fourth-order valence-corrected chi connectivity index (χ4v) is 5.30. The minimum Gasteiger partial charge on any atom is -0.368 e. The maximum Gasteiger partial charge on any atom is 0.240 e. The molecule has 0 saturated carbocycles. The zero-order valence-corrected chi connectivity index (χ0v) is 22.9. The third kappa shape index (κ3) is 6.38. The number of ketones is 1. The largest absolute Gasteiger partial charge is 0.368 e. The summed E-state index contributed by atoms with van der Waals surface area (Å²) in [6.07, 6.45) is 1.75. The number of nitrogens with two attached hydrogens (primary N) is 2. The summed E-state index contributed by atoms with van der Waals surface area (Å²) in [6, 6.07) is 15.7. The highest BCUT2D eigenvalue weighted by Crippen LogP contribution is 2.40. The van der Waals surface area contributed by atoms with Gasteiger partial charge in [0.2, 0.25) is 17.7 Å². The third-order valence-corrected chi connectivity index (χ3v) is 7.59. The van der Waals surface area contributed by atoms with Gasteiger partial charge in [0.1, 0.15) is 11.9 Å². The molecule has 0 fully saturated rings. The maximum absolute atomic E-state index is 13.8. The molecule has 9 nitrogen and oxygen atoms in total. The number of nitrogens with one attached hydrogen (secondary N) is 1. The highest BCUT2D eigenvalue weighted by molar-refractivity contribution is 6.31. The van der Waals surface area contributed by atoms with Crippen LogP contribution in [0, 0.1) is 12.8 Å². The van der Waals surface area contributed by atoms with Gasteiger partial charge in [0.05, 0.1) is 12.0 Å². The van der Waals surface area contributed by atoms with Crippen LogP contribution < -0.4 is 16.8 Å². The lowest BCUT2D eigenvalue weighted by Crippen LogP contribution is -2.56. The van der Waals surface area contributed by atoms with Crippen LogP contribution in [-0.4, -0.2) is 46.0 Å². The summed E-state index contributed by atoms with van der Waals surface area (Å²) in [5, 5.41) is 3.24. The first-order valence-electron chi connectivity index (χ1n) is 13.1. The van der Waals surface area contributed by atoms with Crippen LogP contribution in [0.2, 0.25) is 5.02 Å². The molecule has 1 aliphatic heterocycles. The highest BCUT2D eigenvalue weighted by Gasteiger charge is 2.45. The van der Waals surface area contributed by atoms with Gasteiger partial charge in [-0.3, -0.25) is 19.2 Å². The number of carbonyl (C=O) groups is 4. The van der Waals surface area contributed by atoms with Crippen molar-refractivity contribution in [2.45, 2.75) is 44.7 Å². The first kappa shape index (κ1) is 28.9. The van der Waals surface area contributed by atoms with Gasteiger partial charge < -0.3 is 21.7 Å². The van der Waals surface area contributed by atoms with Gasteiger partial charge in [0, 0.05) is 36.0 Å². The maximum atomic E-state index is 13.8. The molecule has 2 heterocycles. The van der Waals surface area contributed by atoms with E-state index in [1.807, 2.05) is 24.3 Å². The molecular weight excluding hydrogens is 530 g/mol. The lowest BCUT2D eigenvalue weighted by Gasteiger charge is -2.45. The second-order valence-corrected chi connectivity index (χ2v) is 10.3. The zero-order valence-electron chi connectivity index (χ0n) is 22.2. The molecule has 1 aromatic heterocycles. The van der Waals surface area contributed by atoms with Crippen molar-refractivity contribution in [2.75, 3.05) is 11.9 Å². The van der Waals surface area contributed by atoms with E-state index in [9.17, 15) is 19.2 Å². The number of pyridine rings is 1. The Morgan fingerprint density at radius 2 is 1.77 bits per heavy atom. The molecule has 5 N–H and O–H groups in total. The zero-order chi connectivity index (χ0) is 28.8. The molecule has 0 spiro atoms. The van der Waals surface area contributed by atoms with Crippen molar-refractivity contribution in [1.82, 2.24) is 9.88 Å². The number of nitrogens with zero attached hydrogens (tertiary/aromatic N) is 2. The summed E-state index contributed by atoms with van der Waals surface area (Å²) in [5.41, 5.74) is 14.6. The molecule has 208 valence electrons. The monoisotopic (exact) mass is 561 g/mol. The van der Waals surface area contributed by atoms with Crippen LogP contribution in [0.3, 0.4) is 0 Å². The Morgan fingerprint density at radius 3 is 2.45 bits per heavy atom. The summed E-state index contributed by atoms with van der Waals surface area (Å²) in [7, 11) is 0. The van der Waals surface area contributed by atoms with E-state index >= 15 is 0 Å². The topological polar surface area (TPSA) is 148 Å². The molecule has 3 atom stereocenters. The van der Waals surface area contributed by atoms with Crippen LogP contribution in [0.4, 0.5) is 5.82 Å². The third-order valence-electron chi connectivity index (χ3n) is 7.18. The van der Waals surface area contributed by atoms with Crippen LogP contribution in [0.25, 0.3) is 0 Å². The minimum absolute atomic E-state index is 0.0568. The second-order valence-electron chi connectivity index (χ2n) is 9.85. The molecule has 3 aromatic rings. The number of fused-ring (bicyclic) bond motifs is 1. The predicted molar refractivity (Wildman–Crippen MR) is 152 cm³/mol.